The van der Waals surface area contributed by atoms with Gasteiger partial charge in [0.25, 0.3) is 0 Å². The van der Waals surface area contributed by atoms with Gasteiger partial charge in [-0.05, 0) is 23.1 Å². The lowest BCUT2D eigenvalue weighted by molar-refractivity contribution is 0.0697. The highest BCUT2D eigenvalue weighted by atomic mass is 32.1. The minimum atomic E-state index is -1.04. The molecule has 4 heteroatoms. The molecule has 3 rings (SSSR count). The minimum absolute atomic E-state index is 0.00771. The smallest absolute Gasteiger partial charge is 0.336 e. The Labute approximate surface area is 113 Å². The molecule has 94 valence electrons. The van der Waals surface area contributed by atoms with Crippen molar-refractivity contribution in [1.29, 1.82) is 0 Å². The maximum Gasteiger partial charge on any atom is 0.336 e. The van der Waals surface area contributed by atoms with Crippen molar-refractivity contribution >= 4 is 27.4 Å². The molecular weight excluding hydrogens is 260 g/mol. The predicted molar refractivity (Wildman–Crippen MR) is 75.9 cm³/mol. The third kappa shape index (κ3) is 1.86. The second-order valence-electron chi connectivity index (χ2n) is 4.15. The van der Waals surface area contributed by atoms with E-state index in [0.717, 1.165) is 10.3 Å². The van der Waals surface area contributed by atoms with Crippen molar-refractivity contribution in [1.82, 2.24) is 0 Å². The van der Waals surface area contributed by atoms with E-state index >= 15 is 0 Å². The molecule has 0 unspecified atom stereocenters. The number of hydrogen-bond acceptors (Lipinski definition) is 3. The van der Waals surface area contributed by atoms with Gasteiger partial charge in [0.05, 0.1) is 5.56 Å². The summed E-state index contributed by atoms with van der Waals surface area (Å²) in [6, 6.07) is 12.5. The van der Waals surface area contributed by atoms with Crippen molar-refractivity contribution < 1.29 is 15.0 Å². The second kappa shape index (κ2) is 4.40. The first-order valence-electron chi connectivity index (χ1n) is 5.70. The standard InChI is InChI=1S/C15H10O3S/c16-12-8-11(15(17)18)13(9-4-2-1-3-5-9)14-10(12)6-7-19-14/h1-8,16H,(H,17,18). The van der Waals surface area contributed by atoms with Crippen LogP contribution in [0.1, 0.15) is 10.4 Å². The first-order valence-corrected chi connectivity index (χ1v) is 6.58. The van der Waals surface area contributed by atoms with Crippen LogP contribution in [-0.2, 0) is 0 Å². The van der Waals surface area contributed by atoms with Crippen LogP contribution < -0.4 is 0 Å². The number of aromatic hydroxyl groups is 1. The van der Waals surface area contributed by atoms with E-state index in [4.69, 9.17) is 0 Å². The number of thiophene rings is 1. The normalized spacial score (nSPS) is 10.7. The van der Waals surface area contributed by atoms with E-state index in [9.17, 15) is 15.0 Å². The highest BCUT2D eigenvalue weighted by Crippen LogP contribution is 2.40. The molecular formula is C15H10O3S. The van der Waals surface area contributed by atoms with Crippen LogP contribution in [0.5, 0.6) is 5.75 Å². The van der Waals surface area contributed by atoms with Gasteiger partial charge >= 0.3 is 5.97 Å². The lowest BCUT2D eigenvalue weighted by Gasteiger charge is -2.09. The third-order valence-corrected chi connectivity index (χ3v) is 3.94. The zero-order chi connectivity index (χ0) is 13.4. The van der Waals surface area contributed by atoms with Gasteiger partial charge in [-0.15, -0.1) is 11.3 Å². The summed E-state index contributed by atoms with van der Waals surface area (Å²) in [5.74, 6) is -1.03. The number of carboxylic acids is 1. The van der Waals surface area contributed by atoms with Gasteiger partial charge in [-0.25, -0.2) is 4.79 Å². The molecule has 1 aromatic heterocycles. The van der Waals surface area contributed by atoms with Crippen LogP contribution in [-0.4, -0.2) is 16.2 Å². The summed E-state index contributed by atoms with van der Waals surface area (Å²) in [5, 5.41) is 21.8. The first kappa shape index (κ1) is 11.7. The maximum absolute atomic E-state index is 11.4. The Kier molecular flexibility index (Phi) is 2.72. The molecule has 0 atom stereocenters. The van der Waals surface area contributed by atoms with E-state index in [1.54, 1.807) is 6.07 Å². The van der Waals surface area contributed by atoms with Crippen LogP contribution in [0.25, 0.3) is 21.2 Å². The lowest BCUT2D eigenvalue weighted by atomic mass is 9.97. The van der Waals surface area contributed by atoms with E-state index < -0.39 is 5.97 Å². The molecule has 2 N–H and O–H groups in total. The van der Waals surface area contributed by atoms with Gasteiger partial charge in [-0.1, -0.05) is 30.3 Å². The molecule has 0 amide bonds. The van der Waals surface area contributed by atoms with Crippen molar-refractivity contribution in [3.05, 3.63) is 53.4 Å². The summed E-state index contributed by atoms with van der Waals surface area (Å²) < 4.78 is 0.795. The van der Waals surface area contributed by atoms with Gasteiger partial charge in [0, 0.05) is 15.6 Å². The number of hydrogen-bond donors (Lipinski definition) is 2. The van der Waals surface area contributed by atoms with Crippen molar-refractivity contribution in [2.45, 2.75) is 0 Å². The van der Waals surface area contributed by atoms with Gasteiger partial charge in [0.1, 0.15) is 5.75 Å². The summed E-state index contributed by atoms with van der Waals surface area (Å²) >= 11 is 1.43. The molecule has 3 aromatic rings. The van der Waals surface area contributed by atoms with Crippen LogP contribution in [0.15, 0.2) is 47.8 Å². The maximum atomic E-state index is 11.4. The average molecular weight is 270 g/mol. The topological polar surface area (TPSA) is 57.5 Å². The van der Waals surface area contributed by atoms with Gasteiger partial charge in [-0.2, -0.15) is 0 Å². The highest BCUT2D eigenvalue weighted by molar-refractivity contribution is 7.17. The molecule has 0 saturated heterocycles. The Bertz CT molecular complexity index is 760. The summed E-state index contributed by atoms with van der Waals surface area (Å²) in [7, 11) is 0. The molecule has 0 spiro atoms. The number of benzene rings is 2. The Morgan fingerprint density at radius 3 is 2.53 bits per heavy atom. The van der Waals surface area contributed by atoms with Gasteiger partial charge < -0.3 is 10.2 Å². The van der Waals surface area contributed by atoms with Crippen molar-refractivity contribution in [3.8, 4) is 16.9 Å². The summed E-state index contributed by atoms with van der Waals surface area (Å²) in [6.07, 6.45) is 0. The molecule has 1 heterocycles. The lowest BCUT2D eigenvalue weighted by Crippen LogP contribution is -1.99. The second-order valence-corrected chi connectivity index (χ2v) is 5.07. The highest BCUT2D eigenvalue weighted by Gasteiger charge is 2.18. The third-order valence-electron chi connectivity index (χ3n) is 3.01. The summed E-state index contributed by atoms with van der Waals surface area (Å²) in [6.45, 7) is 0. The number of phenols is 1. The summed E-state index contributed by atoms with van der Waals surface area (Å²) in [5.41, 5.74) is 1.63. The number of carboxylic acid groups (broad SMARTS) is 1. The molecule has 0 bridgehead atoms. The Morgan fingerprint density at radius 1 is 1.11 bits per heavy atom. The Balaban J connectivity index is 2.44. The van der Waals surface area contributed by atoms with Crippen LogP contribution in [0.4, 0.5) is 0 Å². The first-order chi connectivity index (χ1) is 9.18. The van der Waals surface area contributed by atoms with Gasteiger partial charge in [-0.3, -0.25) is 0 Å². The van der Waals surface area contributed by atoms with Crippen LogP contribution in [0.3, 0.4) is 0 Å². The zero-order valence-corrected chi connectivity index (χ0v) is 10.6. The predicted octanol–water partition coefficient (Wildman–Crippen LogP) is 3.97. The van der Waals surface area contributed by atoms with Gasteiger partial charge in [0.2, 0.25) is 0 Å². The molecule has 0 aliphatic heterocycles. The molecule has 3 nitrogen and oxygen atoms in total. The fourth-order valence-electron chi connectivity index (χ4n) is 2.17. The van der Waals surface area contributed by atoms with Crippen LogP contribution in [0.2, 0.25) is 0 Å². The van der Waals surface area contributed by atoms with Crippen LogP contribution >= 0.6 is 11.3 Å². The SMILES string of the molecule is O=C(O)c1cc(O)c2ccsc2c1-c1ccccc1. The monoisotopic (exact) mass is 270 g/mol. The number of phenolic OH excluding ortho intramolecular Hbond substituents is 1. The quantitative estimate of drug-likeness (QED) is 0.740. The van der Waals surface area contributed by atoms with Crippen LogP contribution in [0, 0.1) is 0 Å². The molecule has 0 saturated carbocycles. The number of aromatic carboxylic acids is 1. The van der Waals surface area contributed by atoms with E-state index in [2.05, 4.69) is 0 Å². The zero-order valence-electron chi connectivity index (χ0n) is 9.83. The molecule has 0 aliphatic rings. The number of rotatable bonds is 2. The average Bonchev–Trinajstić information content (AvgIpc) is 2.89. The fraction of sp³-hybridized carbons (Fsp3) is 0. The van der Waals surface area contributed by atoms with Crippen molar-refractivity contribution in [3.63, 3.8) is 0 Å². The van der Waals surface area contributed by atoms with E-state index in [1.807, 2.05) is 35.7 Å². The van der Waals surface area contributed by atoms with E-state index in [-0.39, 0.29) is 11.3 Å². The van der Waals surface area contributed by atoms with Gasteiger partial charge in [0.15, 0.2) is 0 Å². The Hall–Kier alpha value is -2.33. The Morgan fingerprint density at radius 2 is 1.84 bits per heavy atom. The van der Waals surface area contributed by atoms with Crippen molar-refractivity contribution in [2.24, 2.45) is 0 Å². The molecule has 2 aromatic carbocycles. The number of carbonyl (C=O) groups is 1. The van der Waals surface area contributed by atoms with E-state index in [0.29, 0.717) is 10.9 Å². The number of fused-ring (bicyclic) bond motifs is 1. The molecule has 19 heavy (non-hydrogen) atoms. The summed E-state index contributed by atoms with van der Waals surface area (Å²) in [4.78, 5) is 11.4. The molecule has 0 aliphatic carbocycles. The fourth-order valence-corrected chi connectivity index (χ4v) is 3.16. The largest absolute Gasteiger partial charge is 0.507 e. The van der Waals surface area contributed by atoms with Crippen molar-refractivity contribution in [2.75, 3.05) is 0 Å². The van der Waals surface area contributed by atoms with E-state index in [1.165, 1.54) is 17.4 Å². The molecule has 0 radical (unpaired) electrons. The molecule has 0 fully saturated rings. The minimum Gasteiger partial charge on any atom is -0.507 e.